The van der Waals surface area contributed by atoms with E-state index in [0.717, 1.165) is 51.1 Å². The van der Waals surface area contributed by atoms with Gasteiger partial charge in [0, 0.05) is 42.6 Å². The number of benzene rings is 1. The molecule has 0 bridgehead atoms. The first-order chi connectivity index (χ1) is 16.8. The summed E-state index contributed by atoms with van der Waals surface area (Å²) in [6, 6.07) is 5.36. The molecule has 2 unspecified atom stereocenters. The largest absolute Gasteiger partial charge is 0.370 e. The first-order valence-electron chi connectivity index (χ1n) is 12.3. The molecule has 0 spiro atoms. The van der Waals surface area contributed by atoms with Crippen LogP contribution in [0, 0.1) is 11.8 Å². The Kier molecular flexibility index (Phi) is 8.97. The number of rotatable bonds is 8. The summed E-state index contributed by atoms with van der Waals surface area (Å²) in [7, 11) is 0. The molecule has 1 aromatic carbocycles. The molecule has 3 heterocycles. The van der Waals surface area contributed by atoms with Crippen molar-refractivity contribution in [2.75, 3.05) is 42.9 Å². The number of halogens is 3. The van der Waals surface area contributed by atoms with E-state index < -0.39 is 0 Å². The number of likely N-dealkylation sites (tertiary alicyclic amines) is 1. The van der Waals surface area contributed by atoms with Crippen molar-refractivity contribution in [3.63, 3.8) is 0 Å². The average molecular weight is 540 g/mol. The van der Waals surface area contributed by atoms with E-state index in [9.17, 15) is 4.79 Å². The number of aromatic nitrogens is 2. The highest BCUT2D eigenvalue weighted by Crippen LogP contribution is 2.34. The van der Waals surface area contributed by atoms with Crippen molar-refractivity contribution in [2.24, 2.45) is 17.6 Å². The molecule has 7 nitrogen and oxygen atoms in total. The van der Waals surface area contributed by atoms with Gasteiger partial charge in [-0.05, 0) is 68.7 Å². The van der Waals surface area contributed by atoms with Gasteiger partial charge in [-0.2, -0.15) is 4.98 Å². The van der Waals surface area contributed by atoms with Crippen LogP contribution in [0.1, 0.15) is 50.6 Å². The number of nitrogens with zero attached hydrogens (tertiary/aromatic N) is 4. The van der Waals surface area contributed by atoms with Crippen molar-refractivity contribution >= 4 is 52.5 Å². The second kappa shape index (κ2) is 12.0. The predicted octanol–water partition coefficient (Wildman–Crippen LogP) is 5.41. The Labute approximate surface area is 222 Å². The van der Waals surface area contributed by atoms with Crippen LogP contribution in [0.2, 0.25) is 15.1 Å². The fourth-order valence-electron chi connectivity index (χ4n) is 5.27. The summed E-state index contributed by atoms with van der Waals surface area (Å²) in [5, 5.41) is 5.05. The van der Waals surface area contributed by atoms with Crippen LogP contribution in [0.15, 0.2) is 24.4 Å². The van der Waals surface area contributed by atoms with Crippen LogP contribution in [-0.4, -0.2) is 53.5 Å². The summed E-state index contributed by atoms with van der Waals surface area (Å²) in [4.78, 5) is 25.1. The van der Waals surface area contributed by atoms with Gasteiger partial charge in [0.05, 0.1) is 12.2 Å². The monoisotopic (exact) mass is 538 g/mol. The van der Waals surface area contributed by atoms with Crippen molar-refractivity contribution < 1.29 is 4.79 Å². The van der Waals surface area contributed by atoms with Crippen LogP contribution >= 0.6 is 34.8 Å². The zero-order valence-corrected chi connectivity index (χ0v) is 22.3. The molecule has 2 atom stereocenters. The number of nitrogens with one attached hydrogen (secondary N) is 1. The Morgan fingerprint density at radius 3 is 2.63 bits per heavy atom. The number of nitrogens with two attached hydrogens (primary N) is 1. The summed E-state index contributed by atoms with van der Waals surface area (Å²) in [6.45, 7) is 6.75. The summed E-state index contributed by atoms with van der Waals surface area (Å²) >= 11 is 18.8. The topological polar surface area (TPSA) is 87.4 Å². The van der Waals surface area contributed by atoms with Crippen molar-refractivity contribution in [2.45, 2.75) is 45.1 Å². The maximum atomic E-state index is 11.2. The van der Waals surface area contributed by atoms with E-state index >= 15 is 0 Å². The standard InChI is InChI=1S/C25H33Cl3N6O/c1-16(20-5-4-19(26)13-21(20)27)31-24-22(28)14-30-25(32-24)34-11-6-17(7-12-34)18-3-2-9-33(15-18)10-8-23(29)35/h4-5,13-14,16-18H,2-3,6-12,15H2,1H3,(H2,29,35)(H,30,31,32). The third-order valence-corrected chi connectivity index (χ3v) is 8.06. The van der Waals surface area contributed by atoms with Crippen molar-refractivity contribution in [3.8, 4) is 0 Å². The molecule has 2 fully saturated rings. The molecule has 10 heteroatoms. The van der Waals surface area contributed by atoms with Gasteiger partial charge < -0.3 is 20.9 Å². The first kappa shape index (κ1) is 26.3. The smallest absolute Gasteiger partial charge is 0.227 e. The van der Waals surface area contributed by atoms with E-state index in [4.69, 9.17) is 45.5 Å². The number of primary amides is 1. The van der Waals surface area contributed by atoms with E-state index in [-0.39, 0.29) is 11.9 Å². The van der Waals surface area contributed by atoms with Crippen LogP contribution in [-0.2, 0) is 4.79 Å². The minimum atomic E-state index is -0.220. The molecule has 3 N–H and O–H groups in total. The number of piperidine rings is 2. The molecule has 2 aromatic rings. The Hall–Kier alpha value is -1.80. The Balaban J connectivity index is 1.35. The van der Waals surface area contributed by atoms with Crippen molar-refractivity contribution in [1.29, 1.82) is 0 Å². The quantitative estimate of drug-likeness (QED) is 0.466. The van der Waals surface area contributed by atoms with Gasteiger partial charge in [0.25, 0.3) is 0 Å². The van der Waals surface area contributed by atoms with Gasteiger partial charge in [-0.1, -0.05) is 40.9 Å². The number of anilines is 2. The Morgan fingerprint density at radius 2 is 1.91 bits per heavy atom. The SMILES string of the molecule is CC(Nc1nc(N2CCC(C3CCCN(CCC(N)=O)C3)CC2)ncc1Cl)c1ccc(Cl)cc1Cl. The fraction of sp³-hybridized carbons (Fsp3) is 0.560. The van der Waals surface area contributed by atoms with Gasteiger partial charge in [-0.3, -0.25) is 4.79 Å². The summed E-state index contributed by atoms with van der Waals surface area (Å²) < 4.78 is 0. The van der Waals surface area contributed by atoms with Gasteiger partial charge in [-0.15, -0.1) is 0 Å². The fourth-order valence-corrected chi connectivity index (χ4v) is 5.98. The molecule has 2 saturated heterocycles. The summed E-state index contributed by atoms with van der Waals surface area (Å²) in [5.41, 5.74) is 6.26. The lowest BCUT2D eigenvalue weighted by molar-refractivity contribution is -0.118. The molecule has 0 saturated carbocycles. The highest BCUT2D eigenvalue weighted by Gasteiger charge is 2.31. The number of hydrogen-bond acceptors (Lipinski definition) is 6. The van der Waals surface area contributed by atoms with Gasteiger partial charge in [0.15, 0.2) is 5.82 Å². The lowest BCUT2D eigenvalue weighted by Crippen LogP contribution is -2.43. The molecule has 190 valence electrons. The summed E-state index contributed by atoms with van der Waals surface area (Å²) in [6.07, 6.45) is 6.77. The van der Waals surface area contributed by atoms with Crippen LogP contribution in [0.3, 0.4) is 0 Å². The van der Waals surface area contributed by atoms with Crippen molar-refractivity contribution in [3.05, 3.63) is 45.0 Å². The number of carbonyl (C=O) groups excluding carboxylic acids is 1. The van der Waals surface area contributed by atoms with E-state index in [1.807, 2.05) is 19.1 Å². The van der Waals surface area contributed by atoms with E-state index in [1.54, 1.807) is 12.3 Å². The van der Waals surface area contributed by atoms with Crippen LogP contribution < -0.4 is 16.0 Å². The predicted molar refractivity (Wildman–Crippen MR) is 143 cm³/mol. The van der Waals surface area contributed by atoms with Crippen LogP contribution in [0.5, 0.6) is 0 Å². The van der Waals surface area contributed by atoms with Crippen LogP contribution in [0.25, 0.3) is 0 Å². The molecule has 0 radical (unpaired) electrons. The molecular formula is C25H33Cl3N6O. The minimum Gasteiger partial charge on any atom is -0.370 e. The number of amides is 1. The maximum Gasteiger partial charge on any atom is 0.227 e. The number of carbonyl (C=O) groups is 1. The normalized spacial score (nSPS) is 20.6. The zero-order valence-electron chi connectivity index (χ0n) is 20.0. The number of hydrogen-bond donors (Lipinski definition) is 2. The minimum absolute atomic E-state index is 0.102. The first-order valence-corrected chi connectivity index (χ1v) is 13.4. The van der Waals surface area contributed by atoms with Crippen molar-refractivity contribution in [1.82, 2.24) is 14.9 Å². The van der Waals surface area contributed by atoms with Gasteiger partial charge in [0.2, 0.25) is 11.9 Å². The Bertz CT molecular complexity index is 1030. The molecule has 2 aliphatic heterocycles. The maximum absolute atomic E-state index is 11.2. The zero-order chi connectivity index (χ0) is 24.9. The lowest BCUT2D eigenvalue weighted by Gasteiger charge is -2.41. The van der Waals surface area contributed by atoms with Gasteiger partial charge >= 0.3 is 0 Å². The van der Waals surface area contributed by atoms with E-state index in [0.29, 0.717) is 45.1 Å². The lowest BCUT2D eigenvalue weighted by atomic mass is 9.79. The van der Waals surface area contributed by atoms with Gasteiger partial charge in [0.1, 0.15) is 5.02 Å². The molecule has 1 amide bonds. The second-order valence-electron chi connectivity index (χ2n) is 9.64. The van der Waals surface area contributed by atoms with E-state index in [2.05, 4.69) is 20.1 Å². The Morgan fingerprint density at radius 1 is 1.14 bits per heavy atom. The van der Waals surface area contributed by atoms with E-state index in [1.165, 1.54) is 12.8 Å². The molecule has 1 aromatic heterocycles. The van der Waals surface area contributed by atoms with Crippen LogP contribution in [0.4, 0.5) is 11.8 Å². The highest BCUT2D eigenvalue weighted by atomic mass is 35.5. The molecule has 4 rings (SSSR count). The average Bonchev–Trinajstić information content (AvgIpc) is 2.84. The molecule has 2 aliphatic rings. The van der Waals surface area contributed by atoms with Gasteiger partial charge in [-0.25, -0.2) is 4.98 Å². The molecule has 0 aliphatic carbocycles. The third kappa shape index (κ3) is 6.91. The second-order valence-corrected chi connectivity index (χ2v) is 10.9. The molecular weight excluding hydrogens is 507 g/mol. The molecule has 35 heavy (non-hydrogen) atoms. The summed E-state index contributed by atoms with van der Waals surface area (Å²) in [5.74, 6) is 2.42. The third-order valence-electron chi connectivity index (χ3n) is 7.22. The highest BCUT2D eigenvalue weighted by molar-refractivity contribution is 6.35.